The van der Waals surface area contributed by atoms with Crippen molar-refractivity contribution in [1.29, 1.82) is 0 Å². The van der Waals surface area contributed by atoms with Crippen molar-refractivity contribution in [3.63, 3.8) is 0 Å². The summed E-state index contributed by atoms with van der Waals surface area (Å²) in [5.74, 6) is 1.03. The summed E-state index contributed by atoms with van der Waals surface area (Å²) in [6, 6.07) is 7.35. The Labute approximate surface area is 139 Å². The van der Waals surface area contributed by atoms with Gasteiger partial charge < -0.3 is 14.4 Å². The molecule has 128 valence electrons. The molecule has 5 heteroatoms. The second-order valence-corrected chi connectivity index (χ2v) is 6.43. The van der Waals surface area contributed by atoms with Crippen LogP contribution in [0.5, 0.6) is 5.75 Å². The molecule has 0 bridgehead atoms. The normalized spacial score (nSPS) is 21.6. The van der Waals surface area contributed by atoms with Crippen molar-refractivity contribution in [2.45, 2.75) is 38.2 Å². The van der Waals surface area contributed by atoms with Gasteiger partial charge in [0.2, 0.25) is 0 Å². The van der Waals surface area contributed by atoms with Gasteiger partial charge in [-0.15, -0.1) is 0 Å². The van der Waals surface area contributed by atoms with Crippen LogP contribution in [0.2, 0.25) is 0 Å². The SMILES string of the molecule is COc1ccccc1NC(=O)O[C@H]1CCCCC[C@@H]1CN(C)C. The molecule has 1 saturated carbocycles. The van der Waals surface area contributed by atoms with Crippen molar-refractivity contribution in [3.05, 3.63) is 24.3 Å². The van der Waals surface area contributed by atoms with Crippen LogP contribution in [-0.2, 0) is 4.74 Å². The Balaban J connectivity index is 1.98. The zero-order valence-electron chi connectivity index (χ0n) is 14.4. The third kappa shape index (κ3) is 5.43. The monoisotopic (exact) mass is 320 g/mol. The molecule has 23 heavy (non-hydrogen) atoms. The second kappa shape index (κ2) is 8.77. The van der Waals surface area contributed by atoms with E-state index in [1.54, 1.807) is 7.11 Å². The highest BCUT2D eigenvalue weighted by Crippen LogP contribution is 2.28. The van der Waals surface area contributed by atoms with Gasteiger partial charge in [-0.25, -0.2) is 4.79 Å². The molecule has 1 aliphatic carbocycles. The number of para-hydroxylation sites is 2. The van der Waals surface area contributed by atoms with Gasteiger partial charge in [0, 0.05) is 12.5 Å². The van der Waals surface area contributed by atoms with Gasteiger partial charge in [0.1, 0.15) is 11.9 Å². The Morgan fingerprint density at radius 1 is 1.22 bits per heavy atom. The lowest BCUT2D eigenvalue weighted by atomic mass is 9.97. The van der Waals surface area contributed by atoms with E-state index in [1.165, 1.54) is 12.8 Å². The molecule has 0 unspecified atom stereocenters. The molecule has 0 radical (unpaired) electrons. The fraction of sp³-hybridized carbons (Fsp3) is 0.611. The molecule has 0 aliphatic heterocycles. The molecular weight excluding hydrogens is 292 g/mol. The van der Waals surface area contributed by atoms with Gasteiger partial charge in [0.15, 0.2) is 0 Å². The lowest BCUT2D eigenvalue weighted by Gasteiger charge is -2.27. The average molecular weight is 320 g/mol. The quantitative estimate of drug-likeness (QED) is 0.839. The van der Waals surface area contributed by atoms with Crippen LogP contribution in [0.4, 0.5) is 10.5 Å². The lowest BCUT2D eigenvalue weighted by molar-refractivity contribution is 0.0569. The predicted molar refractivity (Wildman–Crippen MR) is 92.0 cm³/mol. The molecule has 1 aliphatic rings. The first-order valence-corrected chi connectivity index (χ1v) is 8.35. The summed E-state index contributed by atoms with van der Waals surface area (Å²) in [6.07, 6.45) is 5.20. The number of nitrogens with zero attached hydrogens (tertiary/aromatic N) is 1. The molecule has 1 aromatic rings. The van der Waals surface area contributed by atoms with Gasteiger partial charge in [0.25, 0.3) is 0 Å². The molecule has 0 spiro atoms. The fourth-order valence-electron chi connectivity index (χ4n) is 3.21. The molecule has 2 rings (SSSR count). The number of amides is 1. The zero-order valence-corrected chi connectivity index (χ0v) is 14.4. The average Bonchev–Trinajstić information content (AvgIpc) is 2.73. The molecule has 5 nitrogen and oxygen atoms in total. The minimum Gasteiger partial charge on any atom is -0.495 e. The van der Waals surface area contributed by atoms with Crippen LogP contribution in [0.25, 0.3) is 0 Å². The maximum atomic E-state index is 12.3. The maximum Gasteiger partial charge on any atom is 0.412 e. The van der Waals surface area contributed by atoms with Crippen molar-refractivity contribution >= 4 is 11.8 Å². The Morgan fingerprint density at radius 2 is 1.96 bits per heavy atom. The first-order chi connectivity index (χ1) is 11.1. The van der Waals surface area contributed by atoms with E-state index >= 15 is 0 Å². The Kier molecular flexibility index (Phi) is 6.71. The third-order valence-electron chi connectivity index (χ3n) is 4.29. The summed E-state index contributed by atoms with van der Waals surface area (Å²) in [5.41, 5.74) is 0.637. The number of hydrogen-bond donors (Lipinski definition) is 1. The van der Waals surface area contributed by atoms with Gasteiger partial charge >= 0.3 is 6.09 Å². The van der Waals surface area contributed by atoms with Crippen molar-refractivity contribution in [2.75, 3.05) is 33.1 Å². The smallest absolute Gasteiger partial charge is 0.412 e. The second-order valence-electron chi connectivity index (χ2n) is 6.43. The van der Waals surface area contributed by atoms with E-state index in [0.717, 1.165) is 25.8 Å². The highest BCUT2D eigenvalue weighted by Gasteiger charge is 2.27. The zero-order chi connectivity index (χ0) is 16.7. The van der Waals surface area contributed by atoms with Gasteiger partial charge in [0.05, 0.1) is 12.8 Å². The van der Waals surface area contributed by atoms with Crippen LogP contribution in [0.1, 0.15) is 32.1 Å². The van der Waals surface area contributed by atoms with Crippen LogP contribution in [-0.4, -0.2) is 44.8 Å². The van der Waals surface area contributed by atoms with E-state index in [4.69, 9.17) is 9.47 Å². The summed E-state index contributed by atoms with van der Waals surface area (Å²) >= 11 is 0. The predicted octanol–water partition coefficient (Wildman–Crippen LogP) is 3.75. The molecular formula is C18H28N2O3. The first-order valence-electron chi connectivity index (χ1n) is 8.35. The van der Waals surface area contributed by atoms with E-state index in [9.17, 15) is 4.79 Å². The topological polar surface area (TPSA) is 50.8 Å². The number of hydrogen-bond acceptors (Lipinski definition) is 4. The number of anilines is 1. The minimum absolute atomic E-state index is 0.0189. The van der Waals surface area contributed by atoms with Crippen molar-refractivity contribution in [3.8, 4) is 5.75 Å². The van der Waals surface area contributed by atoms with Gasteiger partial charge in [-0.3, -0.25) is 5.32 Å². The van der Waals surface area contributed by atoms with E-state index in [-0.39, 0.29) is 6.10 Å². The van der Waals surface area contributed by atoms with Gasteiger partial charge in [-0.2, -0.15) is 0 Å². The molecule has 0 heterocycles. The molecule has 1 amide bonds. The van der Waals surface area contributed by atoms with Crippen LogP contribution < -0.4 is 10.1 Å². The number of carbonyl (C=O) groups excluding carboxylic acids is 1. The van der Waals surface area contributed by atoms with Gasteiger partial charge in [-0.05, 0) is 45.5 Å². The molecule has 0 aromatic heterocycles. The van der Waals surface area contributed by atoms with Gasteiger partial charge in [-0.1, -0.05) is 25.0 Å². The number of methoxy groups -OCH3 is 1. The first kappa shape index (κ1) is 17.6. The molecule has 0 saturated heterocycles. The van der Waals surface area contributed by atoms with Crippen molar-refractivity contribution < 1.29 is 14.3 Å². The summed E-state index contributed by atoms with van der Waals surface area (Å²) in [4.78, 5) is 14.5. The van der Waals surface area contributed by atoms with Crippen molar-refractivity contribution in [1.82, 2.24) is 4.90 Å². The summed E-state index contributed by atoms with van der Waals surface area (Å²) in [6.45, 7) is 0.951. The summed E-state index contributed by atoms with van der Waals surface area (Å²) < 4.78 is 11.0. The third-order valence-corrected chi connectivity index (χ3v) is 4.29. The highest BCUT2D eigenvalue weighted by molar-refractivity contribution is 5.86. The fourth-order valence-corrected chi connectivity index (χ4v) is 3.21. The van der Waals surface area contributed by atoms with E-state index in [2.05, 4.69) is 24.3 Å². The Hall–Kier alpha value is -1.75. The van der Waals surface area contributed by atoms with Crippen molar-refractivity contribution in [2.24, 2.45) is 5.92 Å². The molecule has 2 atom stereocenters. The van der Waals surface area contributed by atoms with E-state index in [1.807, 2.05) is 24.3 Å². The summed E-state index contributed by atoms with van der Waals surface area (Å²) in [7, 11) is 5.72. The number of carbonyl (C=O) groups is 1. The molecule has 1 aromatic carbocycles. The van der Waals surface area contributed by atoms with Crippen LogP contribution in [0.15, 0.2) is 24.3 Å². The number of rotatable bonds is 5. The van der Waals surface area contributed by atoms with E-state index < -0.39 is 6.09 Å². The van der Waals surface area contributed by atoms with Crippen LogP contribution >= 0.6 is 0 Å². The van der Waals surface area contributed by atoms with E-state index in [0.29, 0.717) is 17.4 Å². The summed E-state index contributed by atoms with van der Waals surface area (Å²) in [5, 5.41) is 2.80. The molecule has 1 fully saturated rings. The molecule has 1 N–H and O–H groups in total. The van der Waals surface area contributed by atoms with Crippen LogP contribution in [0, 0.1) is 5.92 Å². The number of benzene rings is 1. The maximum absolute atomic E-state index is 12.3. The number of ether oxygens (including phenoxy) is 2. The van der Waals surface area contributed by atoms with Crippen LogP contribution in [0.3, 0.4) is 0 Å². The Morgan fingerprint density at radius 3 is 2.70 bits per heavy atom. The largest absolute Gasteiger partial charge is 0.495 e. The minimum atomic E-state index is -0.398. The number of nitrogens with one attached hydrogen (secondary N) is 1. The highest BCUT2D eigenvalue weighted by atomic mass is 16.6. The lowest BCUT2D eigenvalue weighted by Crippen LogP contribution is -2.34. The Bertz CT molecular complexity index is 505. The standard InChI is InChI=1S/C18H28N2O3/c1-20(2)13-14-9-5-4-6-11-16(14)23-18(21)19-15-10-7-8-12-17(15)22-3/h7-8,10,12,14,16H,4-6,9,11,13H2,1-3H3,(H,19,21)/t14-,16+/m1/s1.